The second kappa shape index (κ2) is 5.01. The van der Waals surface area contributed by atoms with Crippen LogP contribution in [-0.2, 0) is 6.18 Å². The molecule has 8 heteroatoms. The number of anilines is 2. The Morgan fingerprint density at radius 1 is 1.24 bits per heavy atom. The van der Waals surface area contributed by atoms with E-state index in [1.807, 2.05) is 6.07 Å². The van der Waals surface area contributed by atoms with Gasteiger partial charge >= 0.3 is 6.18 Å². The fourth-order valence-corrected chi connectivity index (χ4v) is 1.83. The van der Waals surface area contributed by atoms with Crippen molar-refractivity contribution in [1.82, 2.24) is 9.78 Å². The van der Waals surface area contributed by atoms with E-state index >= 15 is 0 Å². The number of nitrogens with two attached hydrogens (primary N) is 1. The molecule has 0 saturated heterocycles. The minimum Gasteiger partial charge on any atom is -0.382 e. The maximum absolute atomic E-state index is 12.5. The molecule has 0 amide bonds. The first-order valence-corrected chi connectivity index (χ1v) is 5.89. The molecule has 0 aliphatic rings. The van der Waals surface area contributed by atoms with Crippen molar-refractivity contribution in [3.05, 3.63) is 35.4 Å². The lowest BCUT2D eigenvalue weighted by molar-refractivity contribution is -0.137. The molecule has 0 saturated carbocycles. The van der Waals surface area contributed by atoms with E-state index in [0.717, 1.165) is 12.1 Å². The highest BCUT2D eigenvalue weighted by atomic mass is 19.4. The Morgan fingerprint density at radius 2 is 1.81 bits per heavy atom. The van der Waals surface area contributed by atoms with E-state index in [9.17, 15) is 13.2 Å². The largest absolute Gasteiger partial charge is 0.416 e. The summed E-state index contributed by atoms with van der Waals surface area (Å²) in [5.74, 6) is 0.441. The second-order valence-electron chi connectivity index (χ2n) is 4.55. The van der Waals surface area contributed by atoms with Gasteiger partial charge in [-0.2, -0.15) is 18.4 Å². The molecule has 110 valence electrons. The number of nitriles is 1. The van der Waals surface area contributed by atoms with Crippen molar-refractivity contribution in [3.63, 3.8) is 0 Å². The fourth-order valence-electron chi connectivity index (χ4n) is 1.83. The number of alkyl halides is 3. The Bertz CT molecular complexity index is 692. The Balaban J connectivity index is 2.51. The van der Waals surface area contributed by atoms with Crippen LogP contribution in [0.4, 0.5) is 24.8 Å². The molecule has 0 unspecified atom stereocenters. The molecule has 0 aliphatic carbocycles. The first-order valence-electron chi connectivity index (χ1n) is 5.89. The lowest BCUT2D eigenvalue weighted by atomic mass is 10.2. The number of hydrogen-bond donors (Lipinski definition) is 1. The molecule has 0 atom stereocenters. The van der Waals surface area contributed by atoms with E-state index in [2.05, 4.69) is 5.10 Å². The number of rotatable bonds is 2. The predicted molar refractivity (Wildman–Crippen MR) is 72.0 cm³/mol. The Labute approximate surface area is 119 Å². The summed E-state index contributed by atoms with van der Waals surface area (Å²) < 4.78 is 38.8. The van der Waals surface area contributed by atoms with E-state index in [1.165, 1.54) is 16.8 Å². The molecule has 2 aromatic rings. The van der Waals surface area contributed by atoms with Gasteiger partial charge in [0.25, 0.3) is 0 Å². The Kier molecular flexibility index (Phi) is 3.51. The van der Waals surface area contributed by atoms with Gasteiger partial charge in [0.2, 0.25) is 0 Å². The van der Waals surface area contributed by atoms with Gasteiger partial charge in [-0.25, -0.2) is 4.68 Å². The van der Waals surface area contributed by atoms with Crippen molar-refractivity contribution in [2.45, 2.75) is 6.18 Å². The number of nitrogens with zero attached hydrogens (tertiary/aromatic N) is 4. The number of halogens is 3. The van der Waals surface area contributed by atoms with Crippen molar-refractivity contribution < 1.29 is 13.2 Å². The normalized spacial score (nSPS) is 11.2. The van der Waals surface area contributed by atoms with Gasteiger partial charge in [-0.05, 0) is 24.3 Å². The average molecular weight is 295 g/mol. The lowest BCUT2D eigenvalue weighted by Crippen LogP contribution is -2.11. The average Bonchev–Trinajstić information content (AvgIpc) is 2.75. The zero-order valence-corrected chi connectivity index (χ0v) is 11.3. The third-order valence-electron chi connectivity index (χ3n) is 2.88. The van der Waals surface area contributed by atoms with Gasteiger partial charge in [-0.3, -0.25) is 0 Å². The fraction of sp³-hybridized carbons (Fsp3) is 0.231. The number of hydrogen-bond acceptors (Lipinski definition) is 4. The highest BCUT2D eigenvalue weighted by Gasteiger charge is 2.30. The van der Waals surface area contributed by atoms with Crippen LogP contribution >= 0.6 is 0 Å². The van der Waals surface area contributed by atoms with Gasteiger partial charge in [0, 0.05) is 14.1 Å². The second-order valence-corrected chi connectivity index (χ2v) is 4.55. The SMILES string of the molecule is CN(C)c1nn(-c2ccc(C(F)(F)F)cc2)c(N)c1C#N. The predicted octanol–water partition coefficient (Wildman–Crippen LogP) is 2.41. The highest BCUT2D eigenvalue weighted by molar-refractivity contribution is 5.66. The molecule has 1 aromatic carbocycles. The quantitative estimate of drug-likeness (QED) is 0.923. The van der Waals surface area contributed by atoms with E-state index in [0.29, 0.717) is 11.5 Å². The van der Waals surface area contributed by atoms with Gasteiger partial charge in [-0.1, -0.05) is 0 Å². The number of nitrogen functional groups attached to an aromatic ring is 1. The number of benzene rings is 1. The van der Waals surface area contributed by atoms with E-state index in [-0.39, 0.29) is 11.4 Å². The van der Waals surface area contributed by atoms with Gasteiger partial charge < -0.3 is 10.6 Å². The van der Waals surface area contributed by atoms with Gasteiger partial charge in [0.05, 0.1) is 11.3 Å². The van der Waals surface area contributed by atoms with Crippen molar-refractivity contribution in [2.24, 2.45) is 0 Å². The van der Waals surface area contributed by atoms with Gasteiger partial charge in [-0.15, -0.1) is 5.10 Å². The first-order chi connectivity index (χ1) is 9.75. The third-order valence-corrected chi connectivity index (χ3v) is 2.88. The molecule has 0 spiro atoms. The summed E-state index contributed by atoms with van der Waals surface area (Å²) >= 11 is 0. The lowest BCUT2D eigenvalue weighted by Gasteiger charge is -2.09. The zero-order valence-electron chi connectivity index (χ0n) is 11.3. The molecular weight excluding hydrogens is 283 g/mol. The molecule has 0 bridgehead atoms. The van der Waals surface area contributed by atoms with Crippen LogP contribution < -0.4 is 10.6 Å². The molecule has 0 fully saturated rings. The van der Waals surface area contributed by atoms with Crippen LogP contribution in [-0.4, -0.2) is 23.9 Å². The topological polar surface area (TPSA) is 70.9 Å². The molecule has 1 aromatic heterocycles. The summed E-state index contributed by atoms with van der Waals surface area (Å²) in [6.45, 7) is 0. The first kappa shape index (κ1) is 14.7. The molecule has 2 N–H and O–H groups in total. The summed E-state index contributed by atoms with van der Waals surface area (Å²) in [6.07, 6.45) is -4.40. The van der Waals surface area contributed by atoms with Crippen LogP contribution in [0.5, 0.6) is 0 Å². The van der Waals surface area contributed by atoms with Gasteiger partial charge in [0.1, 0.15) is 17.5 Å². The van der Waals surface area contributed by atoms with E-state index in [4.69, 9.17) is 11.0 Å². The molecule has 5 nitrogen and oxygen atoms in total. The van der Waals surface area contributed by atoms with Crippen molar-refractivity contribution in [3.8, 4) is 11.8 Å². The molecule has 0 aliphatic heterocycles. The summed E-state index contributed by atoms with van der Waals surface area (Å²) in [5, 5.41) is 13.3. The monoisotopic (exact) mass is 295 g/mol. The van der Waals surface area contributed by atoms with E-state index < -0.39 is 11.7 Å². The molecule has 21 heavy (non-hydrogen) atoms. The molecular formula is C13H12F3N5. The maximum Gasteiger partial charge on any atom is 0.416 e. The van der Waals surface area contributed by atoms with Crippen LogP contribution in [0.3, 0.4) is 0 Å². The van der Waals surface area contributed by atoms with Crippen LogP contribution in [0.2, 0.25) is 0 Å². The van der Waals surface area contributed by atoms with Crippen LogP contribution in [0.25, 0.3) is 5.69 Å². The van der Waals surface area contributed by atoms with Crippen LogP contribution in [0.1, 0.15) is 11.1 Å². The van der Waals surface area contributed by atoms with Gasteiger partial charge in [0.15, 0.2) is 5.82 Å². The third kappa shape index (κ3) is 2.63. The molecule has 0 radical (unpaired) electrons. The summed E-state index contributed by atoms with van der Waals surface area (Å²) in [4.78, 5) is 1.61. The number of aromatic nitrogens is 2. The Hall–Kier alpha value is -2.69. The van der Waals surface area contributed by atoms with Crippen LogP contribution in [0, 0.1) is 11.3 Å². The summed E-state index contributed by atoms with van der Waals surface area (Å²) in [7, 11) is 3.39. The van der Waals surface area contributed by atoms with Crippen LogP contribution in [0.15, 0.2) is 24.3 Å². The van der Waals surface area contributed by atoms with E-state index in [1.54, 1.807) is 19.0 Å². The van der Waals surface area contributed by atoms with Crippen molar-refractivity contribution in [1.29, 1.82) is 5.26 Å². The van der Waals surface area contributed by atoms with Crippen molar-refractivity contribution >= 4 is 11.6 Å². The smallest absolute Gasteiger partial charge is 0.382 e. The zero-order chi connectivity index (χ0) is 15.8. The minimum atomic E-state index is -4.40. The maximum atomic E-state index is 12.5. The Morgan fingerprint density at radius 3 is 2.19 bits per heavy atom. The standard InChI is InChI=1S/C13H12F3N5/c1-20(2)12-10(7-17)11(18)21(19-12)9-5-3-8(4-6-9)13(14,15)16/h3-6H,18H2,1-2H3. The molecule has 1 heterocycles. The van der Waals surface area contributed by atoms with Crippen molar-refractivity contribution in [2.75, 3.05) is 24.7 Å². The summed E-state index contributed by atoms with van der Waals surface area (Å²) in [6, 6.07) is 6.34. The summed E-state index contributed by atoms with van der Waals surface area (Å²) in [5.41, 5.74) is 5.61. The highest BCUT2D eigenvalue weighted by Crippen LogP contribution is 2.31. The molecule has 2 rings (SSSR count). The minimum absolute atomic E-state index is 0.0842.